The van der Waals surface area contributed by atoms with Crippen LogP contribution < -0.4 is 10.6 Å². The molecule has 1 rings (SSSR count). The van der Waals surface area contributed by atoms with Crippen LogP contribution in [0.25, 0.3) is 0 Å². The molecule has 0 atom stereocenters. The van der Waals surface area contributed by atoms with Crippen LogP contribution in [0.4, 0.5) is 5.82 Å². The molecule has 1 aromatic heterocycles. The third-order valence-corrected chi connectivity index (χ3v) is 2.50. The van der Waals surface area contributed by atoms with Gasteiger partial charge in [-0.1, -0.05) is 13.3 Å². The van der Waals surface area contributed by atoms with Gasteiger partial charge in [0.15, 0.2) is 5.11 Å². The molecule has 0 bridgehead atoms. The molecule has 82 valence electrons. The summed E-state index contributed by atoms with van der Waals surface area (Å²) in [6.45, 7) is 3.05. The van der Waals surface area contributed by atoms with Crippen molar-refractivity contribution < 1.29 is 0 Å². The maximum Gasteiger partial charge on any atom is 0.171 e. The second-order valence-electron chi connectivity index (χ2n) is 3.10. The van der Waals surface area contributed by atoms with Gasteiger partial charge in [0.05, 0.1) is 0 Å². The SMILES string of the molecule is CCCCNC(=S)Nc1ccc(Br)cn1. The third-order valence-electron chi connectivity index (χ3n) is 1.78. The van der Waals surface area contributed by atoms with Crippen LogP contribution >= 0.6 is 28.1 Å². The van der Waals surface area contributed by atoms with E-state index in [1.807, 2.05) is 12.1 Å². The third kappa shape index (κ3) is 5.09. The summed E-state index contributed by atoms with van der Waals surface area (Å²) in [6, 6.07) is 3.79. The predicted molar refractivity (Wildman–Crippen MR) is 71.1 cm³/mol. The summed E-state index contributed by atoms with van der Waals surface area (Å²) >= 11 is 8.43. The normalized spacial score (nSPS) is 9.73. The Kier molecular flexibility index (Phi) is 5.57. The Bertz CT molecular complexity index is 313. The number of unbranched alkanes of at least 4 members (excludes halogenated alkanes) is 1. The minimum atomic E-state index is 0.623. The van der Waals surface area contributed by atoms with E-state index >= 15 is 0 Å². The molecule has 0 aliphatic carbocycles. The maximum absolute atomic E-state index is 5.11. The monoisotopic (exact) mass is 287 g/mol. The first kappa shape index (κ1) is 12.4. The Balaban J connectivity index is 2.34. The molecule has 1 heterocycles. The average molecular weight is 288 g/mol. The van der Waals surface area contributed by atoms with Gasteiger partial charge in [-0.05, 0) is 46.7 Å². The van der Waals surface area contributed by atoms with Gasteiger partial charge in [-0.25, -0.2) is 4.98 Å². The van der Waals surface area contributed by atoms with Crippen molar-refractivity contribution in [2.24, 2.45) is 0 Å². The Morgan fingerprint density at radius 1 is 1.53 bits per heavy atom. The molecule has 0 radical (unpaired) electrons. The highest BCUT2D eigenvalue weighted by Gasteiger charge is 1.97. The van der Waals surface area contributed by atoms with Crippen molar-refractivity contribution in [3.05, 3.63) is 22.8 Å². The number of rotatable bonds is 4. The van der Waals surface area contributed by atoms with Crippen LogP contribution in [-0.2, 0) is 0 Å². The first-order valence-electron chi connectivity index (χ1n) is 4.88. The second kappa shape index (κ2) is 6.74. The Labute approximate surface area is 104 Å². The van der Waals surface area contributed by atoms with Crippen LogP contribution in [0.1, 0.15) is 19.8 Å². The minimum Gasteiger partial charge on any atom is -0.362 e. The number of anilines is 1. The lowest BCUT2D eigenvalue weighted by molar-refractivity contribution is 0.758. The largest absolute Gasteiger partial charge is 0.362 e. The van der Waals surface area contributed by atoms with Crippen molar-refractivity contribution in [3.63, 3.8) is 0 Å². The molecule has 0 unspecified atom stereocenters. The van der Waals surface area contributed by atoms with Crippen LogP contribution in [0.2, 0.25) is 0 Å². The molecule has 0 aliphatic heterocycles. The van der Waals surface area contributed by atoms with Gasteiger partial charge in [0, 0.05) is 17.2 Å². The highest BCUT2D eigenvalue weighted by atomic mass is 79.9. The van der Waals surface area contributed by atoms with Crippen LogP contribution in [0, 0.1) is 0 Å². The van der Waals surface area contributed by atoms with Crippen LogP contribution in [0.15, 0.2) is 22.8 Å². The molecule has 15 heavy (non-hydrogen) atoms. The molecular weight excluding hydrogens is 274 g/mol. The summed E-state index contributed by atoms with van der Waals surface area (Å²) in [4.78, 5) is 4.16. The summed E-state index contributed by atoms with van der Waals surface area (Å²) in [7, 11) is 0. The van der Waals surface area contributed by atoms with Crippen molar-refractivity contribution in [1.82, 2.24) is 10.3 Å². The molecule has 0 spiro atoms. The number of aromatic nitrogens is 1. The second-order valence-corrected chi connectivity index (χ2v) is 4.42. The molecule has 0 aliphatic rings. The van der Waals surface area contributed by atoms with E-state index in [1.54, 1.807) is 6.20 Å². The first-order valence-corrected chi connectivity index (χ1v) is 6.09. The fourth-order valence-electron chi connectivity index (χ4n) is 0.989. The number of hydrogen-bond donors (Lipinski definition) is 2. The molecule has 0 amide bonds. The van der Waals surface area contributed by atoms with Crippen molar-refractivity contribution in [3.8, 4) is 0 Å². The molecule has 0 aromatic carbocycles. The smallest absolute Gasteiger partial charge is 0.171 e. The molecule has 3 nitrogen and oxygen atoms in total. The van der Waals surface area contributed by atoms with Gasteiger partial charge in [-0.3, -0.25) is 0 Å². The van der Waals surface area contributed by atoms with E-state index in [9.17, 15) is 0 Å². The molecule has 0 fully saturated rings. The van der Waals surface area contributed by atoms with E-state index in [1.165, 1.54) is 0 Å². The fraction of sp³-hybridized carbons (Fsp3) is 0.400. The zero-order valence-corrected chi connectivity index (χ0v) is 11.0. The van der Waals surface area contributed by atoms with E-state index < -0.39 is 0 Å². The zero-order valence-electron chi connectivity index (χ0n) is 8.59. The van der Waals surface area contributed by atoms with Crippen molar-refractivity contribution in [2.45, 2.75) is 19.8 Å². The number of thiocarbonyl (C=S) groups is 1. The number of halogens is 1. The summed E-state index contributed by atoms with van der Waals surface area (Å²) in [6.07, 6.45) is 4.01. The maximum atomic E-state index is 5.11. The van der Waals surface area contributed by atoms with E-state index in [-0.39, 0.29) is 0 Å². The van der Waals surface area contributed by atoms with Gasteiger partial charge < -0.3 is 10.6 Å². The molecule has 1 aromatic rings. The minimum absolute atomic E-state index is 0.623. The quantitative estimate of drug-likeness (QED) is 0.660. The van der Waals surface area contributed by atoms with E-state index in [0.717, 1.165) is 29.7 Å². The topological polar surface area (TPSA) is 37.0 Å². The van der Waals surface area contributed by atoms with Gasteiger partial charge >= 0.3 is 0 Å². The molecular formula is C10H14BrN3S. The first-order chi connectivity index (χ1) is 7.22. The number of nitrogens with zero attached hydrogens (tertiary/aromatic N) is 1. The van der Waals surface area contributed by atoms with Crippen LogP contribution in [0.3, 0.4) is 0 Å². The summed E-state index contributed by atoms with van der Waals surface area (Å²) in [5, 5.41) is 6.76. The lowest BCUT2D eigenvalue weighted by Crippen LogP contribution is -2.29. The lowest BCUT2D eigenvalue weighted by Gasteiger charge is -2.08. The van der Waals surface area contributed by atoms with E-state index in [0.29, 0.717) is 5.11 Å². The zero-order chi connectivity index (χ0) is 11.1. The predicted octanol–water partition coefficient (Wildman–Crippen LogP) is 2.93. The van der Waals surface area contributed by atoms with Gasteiger partial charge in [-0.2, -0.15) is 0 Å². The van der Waals surface area contributed by atoms with Gasteiger partial charge in [0.25, 0.3) is 0 Å². The summed E-state index contributed by atoms with van der Waals surface area (Å²) < 4.78 is 0.956. The lowest BCUT2D eigenvalue weighted by atomic mass is 10.3. The Morgan fingerprint density at radius 3 is 2.93 bits per heavy atom. The van der Waals surface area contributed by atoms with Crippen LogP contribution in [0.5, 0.6) is 0 Å². The van der Waals surface area contributed by atoms with Gasteiger partial charge in [-0.15, -0.1) is 0 Å². The standard InChI is InChI=1S/C10H14BrN3S/c1-2-3-6-12-10(15)14-9-5-4-8(11)7-13-9/h4-5,7H,2-3,6H2,1H3,(H2,12,13,14,15). The molecule has 5 heteroatoms. The molecule has 0 saturated heterocycles. The number of hydrogen-bond acceptors (Lipinski definition) is 2. The Morgan fingerprint density at radius 2 is 2.33 bits per heavy atom. The highest BCUT2D eigenvalue weighted by Crippen LogP contribution is 2.10. The average Bonchev–Trinajstić information content (AvgIpc) is 2.22. The van der Waals surface area contributed by atoms with Crippen molar-refractivity contribution in [1.29, 1.82) is 0 Å². The molecule has 0 saturated carbocycles. The van der Waals surface area contributed by atoms with Crippen molar-refractivity contribution >= 4 is 39.1 Å². The summed E-state index contributed by atoms with van der Waals surface area (Å²) in [5.74, 6) is 0.757. The van der Waals surface area contributed by atoms with E-state index in [2.05, 4.69) is 38.5 Å². The van der Waals surface area contributed by atoms with Crippen molar-refractivity contribution in [2.75, 3.05) is 11.9 Å². The van der Waals surface area contributed by atoms with Crippen LogP contribution in [-0.4, -0.2) is 16.6 Å². The van der Waals surface area contributed by atoms with Gasteiger partial charge in [0.2, 0.25) is 0 Å². The van der Waals surface area contributed by atoms with E-state index in [4.69, 9.17) is 12.2 Å². The summed E-state index contributed by atoms with van der Waals surface area (Å²) in [5.41, 5.74) is 0. The number of nitrogens with one attached hydrogen (secondary N) is 2. The number of pyridine rings is 1. The fourth-order valence-corrected chi connectivity index (χ4v) is 1.43. The molecule has 2 N–H and O–H groups in total. The Hall–Kier alpha value is -0.680. The van der Waals surface area contributed by atoms with Gasteiger partial charge in [0.1, 0.15) is 5.82 Å². The highest BCUT2D eigenvalue weighted by molar-refractivity contribution is 9.10.